The van der Waals surface area contributed by atoms with Gasteiger partial charge in [0.2, 0.25) is 5.96 Å². The molecule has 0 saturated heterocycles. The number of halogens is 3. The van der Waals surface area contributed by atoms with Crippen LogP contribution in [0.1, 0.15) is 11.3 Å². The molecule has 0 spiro atoms. The standard InChI is InChI=1S/C18H15F3N4O2S/c1-12-16(13-5-3-2-4-6-13)11-25(23-12)17(22)24-28(26,27)15-9-7-14(8-10-15)18(19,20)21/h2-11H,1H3,(H2,22,24). The monoisotopic (exact) mass is 408 g/mol. The summed E-state index contributed by atoms with van der Waals surface area (Å²) in [5.41, 5.74) is 7.02. The Morgan fingerprint density at radius 2 is 1.68 bits per heavy atom. The minimum Gasteiger partial charge on any atom is -0.367 e. The Balaban J connectivity index is 1.93. The fourth-order valence-corrected chi connectivity index (χ4v) is 3.43. The predicted molar refractivity (Wildman–Crippen MR) is 98.1 cm³/mol. The Morgan fingerprint density at radius 3 is 2.25 bits per heavy atom. The molecule has 3 rings (SSSR count). The third kappa shape index (κ3) is 4.06. The molecule has 0 aliphatic heterocycles. The van der Waals surface area contributed by atoms with Crippen molar-refractivity contribution in [2.45, 2.75) is 18.0 Å². The average molecular weight is 408 g/mol. The van der Waals surface area contributed by atoms with Gasteiger partial charge in [0.05, 0.1) is 16.2 Å². The van der Waals surface area contributed by atoms with E-state index in [1.807, 2.05) is 30.3 Å². The Labute approximate surface area is 159 Å². The summed E-state index contributed by atoms with van der Waals surface area (Å²) in [5.74, 6) is -0.426. The van der Waals surface area contributed by atoms with Crippen LogP contribution in [0, 0.1) is 6.92 Å². The van der Waals surface area contributed by atoms with Gasteiger partial charge in [0.15, 0.2) is 0 Å². The normalized spacial score (nSPS) is 12.9. The van der Waals surface area contributed by atoms with E-state index in [1.54, 1.807) is 6.92 Å². The second kappa shape index (κ2) is 7.12. The summed E-state index contributed by atoms with van der Waals surface area (Å²) in [6, 6.07) is 12.3. The van der Waals surface area contributed by atoms with E-state index in [-0.39, 0.29) is 0 Å². The van der Waals surface area contributed by atoms with Crippen molar-refractivity contribution >= 4 is 16.0 Å². The molecule has 2 aromatic carbocycles. The predicted octanol–water partition coefficient (Wildman–Crippen LogP) is 3.43. The first kappa shape index (κ1) is 19.6. The van der Waals surface area contributed by atoms with Crippen LogP contribution in [0.4, 0.5) is 13.2 Å². The van der Waals surface area contributed by atoms with Gasteiger partial charge in [0.25, 0.3) is 10.0 Å². The van der Waals surface area contributed by atoms with Crippen molar-refractivity contribution in [3.05, 3.63) is 72.1 Å². The van der Waals surface area contributed by atoms with Crippen LogP contribution in [0.3, 0.4) is 0 Å². The molecule has 0 aliphatic carbocycles. The van der Waals surface area contributed by atoms with Crippen LogP contribution >= 0.6 is 0 Å². The molecule has 28 heavy (non-hydrogen) atoms. The summed E-state index contributed by atoms with van der Waals surface area (Å²) >= 11 is 0. The highest BCUT2D eigenvalue weighted by Gasteiger charge is 2.30. The molecule has 1 aromatic heterocycles. The quantitative estimate of drug-likeness (QED) is 0.531. The molecule has 0 aliphatic rings. The summed E-state index contributed by atoms with van der Waals surface area (Å²) in [6.07, 6.45) is -3.03. The highest BCUT2D eigenvalue weighted by atomic mass is 32.2. The second-order valence-corrected chi connectivity index (χ2v) is 7.49. The SMILES string of the molecule is Cc1nn(C(N)=NS(=O)(=O)c2ccc(C(F)(F)F)cc2)cc1-c1ccccc1. The molecule has 0 saturated carbocycles. The van der Waals surface area contributed by atoms with E-state index in [2.05, 4.69) is 9.50 Å². The average Bonchev–Trinajstić information content (AvgIpc) is 3.03. The van der Waals surface area contributed by atoms with Gasteiger partial charge in [-0.15, -0.1) is 4.40 Å². The summed E-state index contributed by atoms with van der Waals surface area (Å²) in [6.45, 7) is 1.73. The number of nitrogens with zero attached hydrogens (tertiary/aromatic N) is 3. The fourth-order valence-electron chi connectivity index (χ4n) is 2.51. The summed E-state index contributed by atoms with van der Waals surface area (Å²) in [4.78, 5) is -0.407. The lowest BCUT2D eigenvalue weighted by molar-refractivity contribution is -0.137. The van der Waals surface area contributed by atoms with Crippen molar-refractivity contribution in [2.75, 3.05) is 0 Å². The number of benzene rings is 2. The summed E-state index contributed by atoms with van der Waals surface area (Å²) in [7, 11) is -4.30. The van der Waals surface area contributed by atoms with E-state index in [0.717, 1.165) is 27.9 Å². The van der Waals surface area contributed by atoms with Crippen molar-refractivity contribution in [3.8, 4) is 11.1 Å². The summed E-state index contributed by atoms with van der Waals surface area (Å²) in [5, 5.41) is 4.16. The molecule has 0 atom stereocenters. The number of aromatic nitrogens is 2. The topological polar surface area (TPSA) is 90.3 Å². The van der Waals surface area contributed by atoms with Crippen LogP contribution in [0.15, 0.2) is 70.1 Å². The Bertz CT molecular complexity index is 1120. The third-order valence-corrected chi connectivity index (χ3v) is 5.21. The molecular weight excluding hydrogens is 393 g/mol. The Kier molecular flexibility index (Phi) is 4.99. The first-order valence-electron chi connectivity index (χ1n) is 7.98. The van der Waals surface area contributed by atoms with Gasteiger partial charge in [0.1, 0.15) is 0 Å². The molecule has 0 amide bonds. The number of hydrogen-bond donors (Lipinski definition) is 1. The van der Waals surface area contributed by atoms with Gasteiger partial charge in [-0.25, -0.2) is 4.68 Å². The molecule has 146 valence electrons. The fraction of sp³-hybridized carbons (Fsp3) is 0.111. The molecule has 3 aromatic rings. The van der Waals surface area contributed by atoms with Gasteiger partial charge < -0.3 is 5.73 Å². The largest absolute Gasteiger partial charge is 0.416 e. The smallest absolute Gasteiger partial charge is 0.367 e. The first-order valence-corrected chi connectivity index (χ1v) is 9.42. The zero-order chi connectivity index (χ0) is 20.5. The van der Waals surface area contributed by atoms with Gasteiger partial charge in [-0.2, -0.15) is 26.7 Å². The molecule has 10 heteroatoms. The first-order chi connectivity index (χ1) is 13.1. The highest BCUT2D eigenvalue weighted by molar-refractivity contribution is 7.90. The minimum atomic E-state index is -4.56. The lowest BCUT2D eigenvalue weighted by atomic mass is 10.1. The molecular formula is C18H15F3N4O2S. The molecule has 0 fully saturated rings. The van der Waals surface area contributed by atoms with Gasteiger partial charge in [-0.3, -0.25) is 0 Å². The minimum absolute atomic E-state index is 0.407. The van der Waals surface area contributed by atoms with Gasteiger partial charge in [-0.05, 0) is 36.8 Å². The van der Waals surface area contributed by atoms with Gasteiger partial charge >= 0.3 is 6.18 Å². The maximum atomic E-state index is 12.6. The molecule has 0 bridgehead atoms. The third-order valence-electron chi connectivity index (χ3n) is 3.91. The Hall–Kier alpha value is -3.14. The van der Waals surface area contributed by atoms with Crippen molar-refractivity contribution < 1.29 is 21.6 Å². The molecule has 0 unspecified atom stereocenters. The van der Waals surface area contributed by atoms with Crippen LogP contribution in [0.25, 0.3) is 11.1 Å². The van der Waals surface area contributed by atoms with Crippen LogP contribution in [-0.4, -0.2) is 24.2 Å². The zero-order valence-electron chi connectivity index (χ0n) is 14.6. The number of alkyl halides is 3. The molecule has 2 N–H and O–H groups in total. The van der Waals surface area contributed by atoms with E-state index in [4.69, 9.17) is 5.73 Å². The second-order valence-electron chi connectivity index (χ2n) is 5.89. The van der Waals surface area contributed by atoms with Gasteiger partial charge in [0, 0.05) is 11.8 Å². The number of rotatable bonds is 3. The van der Waals surface area contributed by atoms with Crippen LogP contribution in [-0.2, 0) is 16.2 Å². The number of sulfonamides is 1. The maximum absolute atomic E-state index is 12.6. The highest BCUT2D eigenvalue weighted by Crippen LogP contribution is 2.30. The van der Waals surface area contributed by atoms with E-state index in [0.29, 0.717) is 17.8 Å². The lowest BCUT2D eigenvalue weighted by Crippen LogP contribution is -2.24. The van der Waals surface area contributed by atoms with E-state index < -0.39 is 32.6 Å². The molecule has 1 heterocycles. The van der Waals surface area contributed by atoms with Crippen molar-refractivity contribution in [1.82, 2.24) is 9.78 Å². The van der Waals surface area contributed by atoms with Crippen LogP contribution in [0.2, 0.25) is 0 Å². The van der Waals surface area contributed by atoms with E-state index in [1.165, 1.54) is 6.20 Å². The number of nitrogens with two attached hydrogens (primary N) is 1. The number of hydrogen-bond acceptors (Lipinski definition) is 3. The zero-order valence-corrected chi connectivity index (χ0v) is 15.4. The number of aryl methyl sites for hydroxylation is 1. The van der Waals surface area contributed by atoms with Gasteiger partial charge in [-0.1, -0.05) is 30.3 Å². The van der Waals surface area contributed by atoms with Crippen molar-refractivity contribution in [2.24, 2.45) is 10.1 Å². The van der Waals surface area contributed by atoms with Crippen molar-refractivity contribution in [1.29, 1.82) is 0 Å². The molecule has 6 nitrogen and oxygen atoms in total. The van der Waals surface area contributed by atoms with E-state index in [9.17, 15) is 21.6 Å². The van der Waals surface area contributed by atoms with Crippen LogP contribution in [0.5, 0.6) is 0 Å². The Morgan fingerprint density at radius 1 is 1.07 bits per heavy atom. The maximum Gasteiger partial charge on any atom is 0.416 e. The van der Waals surface area contributed by atoms with E-state index >= 15 is 0 Å². The van der Waals surface area contributed by atoms with Crippen LogP contribution < -0.4 is 5.73 Å². The van der Waals surface area contributed by atoms with Crippen molar-refractivity contribution in [3.63, 3.8) is 0 Å². The lowest BCUT2D eigenvalue weighted by Gasteiger charge is -2.07. The summed E-state index contributed by atoms with van der Waals surface area (Å²) < 4.78 is 67.1. The molecule has 0 radical (unpaired) electrons.